The molecule has 1 heterocycles. The number of thiophene rings is 1. The van der Waals surface area contributed by atoms with E-state index in [4.69, 9.17) is 11.6 Å². The maximum Gasteiger partial charge on any atom is 0.262 e. The molecule has 1 aromatic heterocycles. The zero-order chi connectivity index (χ0) is 12.4. The number of nitrogens with one attached hydrogen (secondary N) is 1. The van der Waals surface area contributed by atoms with E-state index < -0.39 is 0 Å². The Hall–Kier alpha value is -0.0600. The Morgan fingerprint density at radius 2 is 2.41 bits per heavy atom. The third-order valence-electron chi connectivity index (χ3n) is 3.13. The third kappa shape index (κ3) is 3.24. The molecule has 17 heavy (non-hydrogen) atoms. The number of hydrogen-bond acceptors (Lipinski definition) is 2. The molecule has 1 saturated carbocycles. The van der Waals surface area contributed by atoms with E-state index in [-0.39, 0.29) is 5.91 Å². The van der Waals surface area contributed by atoms with Crippen LogP contribution in [0.3, 0.4) is 0 Å². The summed E-state index contributed by atoms with van der Waals surface area (Å²) in [5, 5.41) is 5.49. The van der Waals surface area contributed by atoms with Gasteiger partial charge in [0.05, 0.1) is 5.02 Å². The predicted octanol–water partition coefficient (Wildman–Crippen LogP) is 4.00. The number of rotatable bonds is 3. The Balaban J connectivity index is 1.87. The van der Waals surface area contributed by atoms with Crippen molar-refractivity contribution >= 4 is 44.8 Å². The van der Waals surface area contributed by atoms with E-state index in [1.165, 1.54) is 24.2 Å². The van der Waals surface area contributed by atoms with Crippen molar-refractivity contribution in [3.63, 3.8) is 0 Å². The molecule has 0 saturated heterocycles. The van der Waals surface area contributed by atoms with Crippen molar-refractivity contribution in [3.8, 4) is 0 Å². The van der Waals surface area contributed by atoms with Gasteiger partial charge in [-0.15, -0.1) is 11.3 Å². The molecule has 1 N–H and O–H groups in total. The van der Waals surface area contributed by atoms with Gasteiger partial charge in [0, 0.05) is 11.4 Å². The monoisotopic (exact) mass is 335 g/mol. The molecule has 1 aromatic rings. The minimum Gasteiger partial charge on any atom is -0.351 e. The first-order valence-corrected chi connectivity index (χ1v) is 7.91. The van der Waals surface area contributed by atoms with E-state index in [0.29, 0.717) is 20.6 Å². The molecule has 2 rings (SSSR count). The van der Waals surface area contributed by atoms with E-state index in [0.717, 1.165) is 18.5 Å². The van der Waals surface area contributed by atoms with Gasteiger partial charge in [-0.2, -0.15) is 0 Å². The van der Waals surface area contributed by atoms with Gasteiger partial charge >= 0.3 is 0 Å². The van der Waals surface area contributed by atoms with Crippen molar-refractivity contribution in [2.75, 3.05) is 6.54 Å². The highest BCUT2D eigenvalue weighted by molar-refractivity contribution is 9.09. The second kappa shape index (κ2) is 5.72. The average molecular weight is 337 g/mol. The second-order valence-corrected chi connectivity index (χ2v) is 7.10. The number of carbonyl (C=O) groups is 1. The Labute approximate surface area is 119 Å². The summed E-state index contributed by atoms with van der Waals surface area (Å²) in [7, 11) is 0. The summed E-state index contributed by atoms with van der Waals surface area (Å²) in [6, 6.07) is 0. The van der Waals surface area contributed by atoms with Crippen molar-refractivity contribution in [1.29, 1.82) is 0 Å². The van der Waals surface area contributed by atoms with Crippen LogP contribution in [-0.4, -0.2) is 17.3 Å². The van der Waals surface area contributed by atoms with E-state index in [2.05, 4.69) is 21.2 Å². The Morgan fingerprint density at radius 3 is 2.94 bits per heavy atom. The van der Waals surface area contributed by atoms with Crippen LogP contribution in [0, 0.1) is 12.8 Å². The fourth-order valence-electron chi connectivity index (χ4n) is 2.10. The van der Waals surface area contributed by atoms with Gasteiger partial charge < -0.3 is 5.32 Å². The first kappa shape index (κ1) is 13.4. The van der Waals surface area contributed by atoms with Crippen molar-refractivity contribution < 1.29 is 4.79 Å². The predicted molar refractivity (Wildman–Crippen MR) is 76.5 cm³/mol. The lowest BCUT2D eigenvalue weighted by Gasteiger charge is -2.10. The Morgan fingerprint density at radius 1 is 1.65 bits per heavy atom. The van der Waals surface area contributed by atoms with Crippen molar-refractivity contribution in [3.05, 3.63) is 20.8 Å². The van der Waals surface area contributed by atoms with Gasteiger partial charge in [-0.1, -0.05) is 27.5 Å². The van der Waals surface area contributed by atoms with Crippen LogP contribution in [-0.2, 0) is 0 Å². The summed E-state index contributed by atoms with van der Waals surface area (Å²) in [4.78, 5) is 13.2. The Bertz CT molecular complexity index is 421. The van der Waals surface area contributed by atoms with Gasteiger partial charge in [0.15, 0.2) is 0 Å². The zero-order valence-corrected chi connectivity index (χ0v) is 12.8. The van der Waals surface area contributed by atoms with Crippen LogP contribution in [0.5, 0.6) is 0 Å². The van der Waals surface area contributed by atoms with Gasteiger partial charge in [0.25, 0.3) is 5.91 Å². The SMILES string of the molecule is Cc1csc(C(=O)NCC2CCC(Br)C2)c1Cl. The highest BCUT2D eigenvalue weighted by Crippen LogP contribution is 2.30. The molecule has 1 aliphatic rings. The molecule has 0 bridgehead atoms. The fourth-order valence-corrected chi connectivity index (χ4v) is 4.09. The molecule has 2 nitrogen and oxygen atoms in total. The van der Waals surface area contributed by atoms with Gasteiger partial charge in [0.1, 0.15) is 4.88 Å². The first-order chi connectivity index (χ1) is 8.08. The fraction of sp³-hybridized carbons (Fsp3) is 0.583. The minimum absolute atomic E-state index is 0.0360. The largest absolute Gasteiger partial charge is 0.351 e. The molecule has 1 amide bonds. The van der Waals surface area contributed by atoms with Crippen LogP contribution in [0.2, 0.25) is 5.02 Å². The van der Waals surface area contributed by atoms with E-state index in [9.17, 15) is 4.79 Å². The summed E-state index contributed by atoms with van der Waals surface area (Å²) in [5.41, 5.74) is 0.975. The van der Waals surface area contributed by atoms with Crippen molar-refractivity contribution in [2.45, 2.75) is 31.0 Å². The third-order valence-corrected chi connectivity index (χ3v) is 5.66. The molecule has 1 aliphatic carbocycles. The topological polar surface area (TPSA) is 29.1 Å². The lowest BCUT2D eigenvalue weighted by Crippen LogP contribution is -2.28. The maximum absolute atomic E-state index is 11.9. The second-order valence-electron chi connectivity index (χ2n) is 4.55. The number of alkyl halides is 1. The van der Waals surface area contributed by atoms with Crippen LogP contribution in [0.25, 0.3) is 0 Å². The molecule has 0 radical (unpaired) electrons. The molecule has 0 spiro atoms. The Kier molecular flexibility index (Phi) is 4.50. The van der Waals surface area contributed by atoms with Gasteiger partial charge in [0.2, 0.25) is 0 Å². The van der Waals surface area contributed by atoms with Crippen molar-refractivity contribution in [2.24, 2.45) is 5.92 Å². The summed E-state index contributed by atoms with van der Waals surface area (Å²) in [5.74, 6) is 0.564. The number of carbonyl (C=O) groups excluding carboxylic acids is 1. The standard InChI is InChI=1S/C12H15BrClNOS/c1-7-6-17-11(10(7)14)12(16)15-5-8-2-3-9(13)4-8/h6,8-9H,2-5H2,1H3,(H,15,16). The normalized spacial score (nSPS) is 23.9. The lowest BCUT2D eigenvalue weighted by molar-refractivity contribution is 0.0951. The number of aryl methyl sites for hydroxylation is 1. The van der Waals surface area contributed by atoms with Crippen LogP contribution in [0.4, 0.5) is 0 Å². The summed E-state index contributed by atoms with van der Waals surface area (Å²) < 4.78 is 0. The zero-order valence-electron chi connectivity index (χ0n) is 9.63. The summed E-state index contributed by atoms with van der Waals surface area (Å²) in [6.45, 7) is 2.68. The van der Waals surface area contributed by atoms with Gasteiger partial charge in [-0.25, -0.2) is 0 Å². The average Bonchev–Trinajstić information content (AvgIpc) is 2.84. The molecule has 5 heteroatoms. The van der Waals surface area contributed by atoms with Crippen LogP contribution < -0.4 is 5.32 Å². The smallest absolute Gasteiger partial charge is 0.262 e. The molecule has 0 aromatic carbocycles. The summed E-state index contributed by atoms with van der Waals surface area (Å²) >= 11 is 11.1. The van der Waals surface area contributed by atoms with Crippen LogP contribution in [0.1, 0.15) is 34.5 Å². The number of hydrogen-bond donors (Lipinski definition) is 1. The summed E-state index contributed by atoms with van der Waals surface area (Å²) in [6.07, 6.45) is 3.55. The molecular weight excluding hydrogens is 322 g/mol. The molecule has 94 valence electrons. The highest BCUT2D eigenvalue weighted by atomic mass is 79.9. The molecule has 1 fully saturated rings. The molecule has 0 aliphatic heterocycles. The molecule has 2 atom stereocenters. The van der Waals surface area contributed by atoms with E-state index in [1.807, 2.05) is 12.3 Å². The highest BCUT2D eigenvalue weighted by Gasteiger charge is 2.23. The molecular formula is C12H15BrClNOS. The molecule has 2 unspecified atom stereocenters. The maximum atomic E-state index is 11.9. The van der Waals surface area contributed by atoms with Crippen LogP contribution in [0.15, 0.2) is 5.38 Å². The number of amides is 1. The lowest BCUT2D eigenvalue weighted by atomic mass is 10.1. The van der Waals surface area contributed by atoms with E-state index in [1.54, 1.807) is 0 Å². The van der Waals surface area contributed by atoms with Gasteiger partial charge in [-0.05, 0) is 43.0 Å². The van der Waals surface area contributed by atoms with E-state index >= 15 is 0 Å². The number of halogens is 2. The quantitative estimate of drug-likeness (QED) is 0.830. The van der Waals surface area contributed by atoms with Crippen molar-refractivity contribution in [1.82, 2.24) is 5.32 Å². The van der Waals surface area contributed by atoms with Gasteiger partial charge in [-0.3, -0.25) is 4.79 Å². The first-order valence-electron chi connectivity index (χ1n) is 5.73. The van der Waals surface area contributed by atoms with Crippen LogP contribution >= 0.6 is 38.9 Å². The minimum atomic E-state index is -0.0360.